The lowest BCUT2D eigenvalue weighted by Crippen LogP contribution is -2.44. The average Bonchev–Trinajstić information content (AvgIpc) is 3.17. The molecule has 1 aliphatic heterocycles. The number of rotatable bonds is 9. The first kappa shape index (κ1) is 23.0. The van der Waals surface area contributed by atoms with Gasteiger partial charge in [-0.1, -0.05) is 18.2 Å². The number of hydrogen-bond acceptors (Lipinski definition) is 4. The number of amides is 1. The van der Waals surface area contributed by atoms with Crippen molar-refractivity contribution in [2.45, 2.75) is 45.3 Å². The van der Waals surface area contributed by atoms with E-state index in [1.165, 1.54) is 0 Å². The minimum atomic E-state index is 0.0251. The van der Waals surface area contributed by atoms with Crippen LogP contribution in [0.15, 0.2) is 29.3 Å². The molecule has 0 radical (unpaired) electrons. The lowest BCUT2D eigenvalue weighted by molar-refractivity contribution is -0.133. The fraction of sp³-hybridized carbons (Fsp3) is 0.636. The summed E-state index contributed by atoms with van der Waals surface area (Å²) < 4.78 is 6.00. The number of para-hydroxylation sites is 1. The van der Waals surface area contributed by atoms with Crippen molar-refractivity contribution < 1.29 is 9.53 Å². The zero-order valence-corrected chi connectivity index (χ0v) is 18.6. The van der Waals surface area contributed by atoms with E-state index in [1.54, 1.807) is 11.9 Å². The highest BCUT2D eigenvalue weighted by Crippen LogP contribution is 2.19. The molecule has 2 unspecified atom stereocenters. The smallest absolute Gasteiger partial charge is 0.239 e. The van der Waals surface area contributed by atoms with E-state index in [2.05, 4.69) is 20.5 Å². The maximum atomic E-state index is 12.3. The number of benzene rings is 1. The van der Waals surface area contributed by atoms with Gasteiger partial charge in [0.15, 0.2) is 5.96 Å². The Balaban J connectivity index is 1.67. The molecule has 1 aliphatic rings. The predicted octanol–water partition coefficient (Wildman–Crippen LogP) is 1.87. The van der Waals surface area contributed by atoms with Gasteiger partial charge in [0.25, 0.3) is 0 Å². The quantitative estimate of drug-likeness (QED) is 0.374. The van der Waals surface area contributed by atoms with Crippen LogP contribution in [0, 0.1) is 6.92 Å². The molecule has 7 heteroatoms. The molecular formula is C22H37N5O2. The molecule has 1 amide bonds. The van der Waals surface area contributed by atoms with Crippen molar-refractivity contribution >= 4 is 11.9 Å². The van der Waals surface area contributed by atoms with Gasteiger partial charge in [0.05, 0.1) is 12.6 Å². The second-order valence-electron chi connectivity index (χ2n) is 7.85. The molecule has 29 heavy (non-hydrogen) atoms. The summed E-state index contributed by atoms with van der Waals surface area (Å²) in [6, 6.07) is 8.08. The summed E-state index contributed by atoms with van der Waals surface area (Å²) in [5.74, 6) is 1.90. The van der Waals surface area contributed by atoms with Crippen LogP contribution in [-0.4, -0.2) is 81.1 Å². The standard InChI is InChI=1S/C22H37N5O2/c1-17-10-6-7-12-20(17)29-18(2)16-25-22(23-3)24-13-9-15-27-14-8-11-19(27)21(28)26(4)5/h6-7,10,12,18-19H,8-9,11,13-16H2,1-5H3,(H2,23,24,25). The van der Waals surface area contributed by atoms with Gasteiger partial charge in [-0.3, -0.25) is 14.7 Å². The average molecular weight is 404 g/mol. The number of aryl methyl sites for hydroxylation is 1. The Kier molecular flexibility index (Phi) is 9.25. The predicted molar refractivity (Wildman–Crippen MR) is 119 cm³/mol. The zero-order valence-electron chi connectivity index (χ0n) is 18.6. The molecule has 1 aromatic carbocycles. The number of carbonyl (C=O) groups excluding carboxylic acids is 1. The maximum absolute atomic E-state index is 12.3. The van der Waals surface area contributed by atoms with Crippen molar-refractivity contribution in [2.24, 2.45) is 4.99 Å². The van der Waals surface area contributed by atoms with Crippen LogP contribution in [0.25, 0.3) is 0 Å². The molecule has 2 rings (SSSR count). The van der Waals surface area contributed by atoms with Gasteiger partial charge in [0, 0.05) is 34.2 Å². The van der Waals surface area contributed by atoms with Crippen LogP contribution in [-0.2, 0) is 4.79 Å². The molecule has 1 saturated heterocycles. The molecule has 162 valence electrons. The van der Waals surface area contributed by atoms with Crippen molar-refractivity contribution in [3.8, 4) is 5.75 Å². The van der Waals surface area contributed by atoms with E-state index in [0.29, 0.717) is 6.54 Å². The molecular weight excluding hydrogens is 366 g/mol. The fourth-order valence-corrected chi connectivity index (χ4v) is 3.57. The molecule has 2 N–H and O–H groups in total. The van der Waals surface area contributed by atoms with Gasteiger partial charge in [0.1, 0.15) is 11.9 Å². The SMILES string of the molecule is CN=C(NCCCN1CCCC1C(=O)N(C)C)NCC(C)Oc1ccccc1C. The lowest BCUT2D eigenvalue weighted by atomic mass is 10.2. The number of likely N-dealkylation sites (tertiary alicyclic amines) is 1. The Morgan fingerprint density at radius 3 is 2.79 bits per heavy atom. The molecule has 7 nitrogen and oxygen atoms in total. The number of ether oxygens (including phenoxy) is 1. The van der Waals surface area contributed by atoms with Crippen molar-refractivity contribution in [2.75, 3.05) is 47.3 Å². The Morgan fingerprint density at radius 1 is 1.34 bits per heavy atom. The van der Waals surface area contributed by atoms with Crippen LogP contribution in [0.4, 0.5) is 0 Å². The third-order valence-corrected chi connectivity index (χ3v) is 5.21. The van der Waals surface area contributed by atoms with Crippen LogP contribution < -0.4 is 15.4 Å². The van der Waals surface area contributed by atoms with E-state index in [9.17, 15) is 4.79 Å². The topological polar surface area (TPSA) is 69.2 Å². The molecule has 0 aromatic heterocycles. The number of aliphatic imine (C=N–C) groups is 1. The van der Waals surface area contributed by atoms with Crippen LogP contribution in [0.3, 0.4) is 0 Å². The van der Waals surface area contributed by atoms with Gasteiger partial charge < -0.3 is 20.3 Å². The molecule has 0 spiro atoms. The summed E-state index contributed by atoms with van der Waals surface area (Å²) in [5, 5.41) is 6.67. The minimum Gasteiger partial charge on any atom is -0.489 e. The third kappa shape index (κ3) is 7.24. The van der Waals surface area contributed by atoms with E-state index in [1.807, 2.05) is 52.2 Å². The summed E-state index contributed by atoms with van der Waals surface area (Å²) in [4.78, 5) is 20.6. The van der Waals surface area contributed by atoms with Crippen molar-refractivity contribution in [3.05, 3.63) is 29.8 Å². The zero-order chi connectivity index (χ0) is 21.2. The first-order chi connectivity index (χ1) is 13.9. The normalized spacial score (nSPS) is 18.4. The first-order valence-corrected chi connectivity index (χ1v) is 10.5. The van der Waals surface area contributed by atoms with E-state index in [0.717, 1.165) is 56.2 Å². The van der Waals surface area contributed by atoms with Crippen LogP contribution >= 0.6 is 0 Å². The van der Waals surface area contributed by atoms with E-state index in [-0.39, 0.29) is 18.1 Å². The van der Waals surface area contributed by atoms with Crippen molar-refractivity contribution in [3.63, 3.8) is 0 Å². The molecule has 2 atom stereocenters. The summed E-state index contributed by atoms with van der Waals surface area (Å²) in [6.07, 6.45) is 3.05. The highest BCUT2D eigenvalue weighted by molar-refractivity contribution is 5.81. The Labute approximate surface area is 175 Å². The monoisotopic (exact) mass is 403 g/mol. The van der Waals surface area contributed by atoms with Gasteiger partial charge in [0.2, 0.25) is 5.91 Å². The van der Waals surface area contributed by atoms with Gasteiger partial charge in [-0.2, -0.15) is 0 Å². The number of nitrogens with one attached hydrogen (secondary N) is 2. The molecule has 1 heterocycles. The molecule has 1 aromatic rings. The summed E-state index contributed by atoms with van der Waals surface area (Å²) in [7, 11) is 5.44. The molecule has 0 bridgehead atoms. The number of nitrogens with zero attached hydrogens (tertiary/aromatic N) is 3. The third-order valence-electron chi connectivity index (χ3n) is 5.21. The number of carbonyl (C=O) groups is 1. The second-order valence-corrected chi connectivity index (χ2v) is 7.85. The lowest BCUT2D eigenvalue weighted by Gasteiger charge is -2.26. The molecule has 0 aliphatic carbocycles. The largest absolute Gasteiger partial charge is 0.489 e. The van der Waals surface area contributed by atoms with Crippen LogP contribution in [0.5, 0.6) is 5.75 Å². The highest BCUT2D eigenvalue weighted by atomic mass is 16.5. The number of likely N-dealkylation sites (N-methyl/N-ethyl adjacent to an activating group) is 1. The fourth-order valence-electron chi connectivity index (χ4n) is 3.57. The van der Waals surface area contributed by atoms with E-state index >= 15 is 0 Å². The summed E-state index contributed by atoms with van der Waals surface area (Å²) >= 11 is 0. The van der Waals surface area contributed by atoms with Crippen LogP contribution in [0.2, 0.25) is 0 Å². The highest BCUT2D eigenvalue weighted by Gasteiger charge is 2.30. The van der Waals surface area contributed by atoms with Gasteiger partial charge in [-0.25, -0.2) is 0 Å². The van der Waals surface area contributed by atoms with E-state index < -0.39 is 0 Å². The van der Waals surface area contributed by atoms with Crippen molar-refractivity contribution in [1.29, 1.82) is 0 Å². The minimum absolute atomic E-state index is 0.0251. The first-order valence-electron chi connectivity index (χ1n) is 10.5. The van der Waals surface area contributed by atoms with Crippen LogP contribution in [0.1, 0.15) is 31.7 Å². The second kappa shape index (κ2) is 11.7. The number of hydrogen-bond donors (Lipinski definition) is 2. The molecule has 0 saturated carbocycles. The molecule has 1 fully saturated rings. The Bertz CT molecular complexity index is 677. The Morgan fingerprint density at radius 2 is 2.10 bits per heavy atom. The van der Waals surface area contributed by atoms with Gasteiger partial charge >= 0.3 is 0 Å². The Hall–Kier alpha value is -2.28. The summed E-state index contributed by atoms with van der Waals surface area (Å²) in [5.41, 5.74) is 1.13. The number of guanidine groups is 1. The maximum Gasteiger partial charge on any atom is 0.239 e. The van der Waals surface area contributed by atoms with Gasteiger partial charge in [-0.05, 0) is 51.3 Å². The van der Waals surface area contributed by atoms with E-state index in [4.69, 9.17) is 4.74 Å². The summed E-state index contributed by atoms with van der Waals surface area (Å²) in [6.45, 7) is 7.49. The van der Waals surface area contributed by atoms with Gasteiger partial charge in [-0.15, -0.1) is 0 Å². The van der Waals surface area contributed by atoms with Crippen molar-refractivity contribution in [1.82, 2.24) is 20.4 Å².